The molecule has 1 amide bonds. The number of hydrogen-bond donors (Lipinski definition) is 2. The van der Waals surface area contributed by atoms with E-state index >= 15 is 0 Å². The highest BCUT2D eigenvalue weighted by Crippen LogP contribution is 2.12. The van der Waals surface area contributed by atoms with Crippen LogP contribution in [-0.4, -0.2) is 32.1 Å². The summed E-state index contributed by atoms with van der Waals surface area (Å²) in [5.41, 5.74) is 6.80. The molecule has 1 aromatic rings. The molecule has 0 saturated heterocycles. The molecule has 4 heteroatoms. The van der Waals surface area contributed by atoms with Crippen LogP contribution in [0.4, 0.5) is 5.69 Å². The van der Waals surface area contributed by atoms with E-state index in [9.17, 15) is 4.79 Å². The smallest absolute Gasteiger partial charge is 0.224 e. The molecule has 0 saturated carbocycles. The third kappa shape index (κ3) is 5.21. The largest absolute Gasteiger partial charge is 0.372 e. The topological polar surface area (TPSA) is 58.4 Å². The minimum Gasteiger partial charge on any atom is -0.372 e. The zero-order chi connectivity index (χ0) is 14.8. The number of carbonyl (C=O) groups is 1. The molecule has 0 heterocycles. The Hall–Kier alpha value is -1.55. The van der Waals surface area contributed by atoms with Crippen LogP contribution in [0.1, 0.15) is 26.7 Å². The second kappa shape index (κ2) is 9.37. The van der Waals surface area contributed by atoms with Crippen LogP contribution in [0.25, 0.3) is 0 Å². The summed E-state index contributed by atoms with van der Waals surface area (Å²) in [6.45, 7) is 7.18. The third-order valence-corrected chi connectivity index (χ3v) is 3.56. The number of anilines is 1. The van der Waals surface area contributed by atoms with Crippen LogP contribution in [0, 0.1) is 5.92 Å². The molecule has 0 aliphatic heterocycles. The highest BCUT2D eigenvalue weighted by atomic mass is 16.1. The van der Waals surface area contributed by atoms with Crippen molar-refractivity contribution in [2.24, 2.45) is 11.7 Å². The van der Waals surface area contributed by atoms with Gasteiger partial charge in [-0.2, -0.15) is 0 Å². The average molecular weight is 277 g/mol. The molecule has 0 aliphatic carbocycles. The Kier molecular flexibility index (Phi) is 7.73. The quantitative estimate of drug-likeness (QED) is 0.679. The molecular formula is C16H27N3O. The van der Waals surface area contributed by atoms with Gasteiger partial charge in [0.05, 0.1) is 0 Å². The van der Waals surface area contributed by atoms with Crippen LogP contribution in [0.3, 0.4) is 0 Å². The van der Waals surface area contributed by atoms with E-state index < -0.39 is 0 Å². The second-order valence-electron chi connectivity index (χ2n) is 4.90. The van der Waals surface area contributed by atoms with E-state index in [1.807, 2.05) is 25.1 Å². The first-order valence-corrected chi connectivity index (χ1v) is 7.50. The van der Waals surface area contributed by atoms with Gasteiger partial charge in [-0.05, 0) is 31.9 Å². The van der Waals surface area contributed by atoms with Gasteiger partial charge in [-0.3, -0.25) is 4.79 Å². The molecule has 20 heavy (non-hydrogen) atoms. The molecule has 0 aromatic heterocycles. The minimum absolute atomic E-state index is 0.0496. The van der Waals surface area contributed by atoms with Gasteiger partial charge in [0.25, 0.3) is 0 Å². The van der Waals surface area contributed by atoms with E-state index in [4.69, 9.17) is 5.73 Å². The van der Waals surface area contributed by atoms with E-state index in [-0.39, 0.29) is 11.8 Å². The van der Waals surface area contributed by atoms with Crippen LogP contribution in [0.2, 0.25) is 0 Å². The van der Waals surface area contributed by atoms with Gasteiger partial charge in [0, 0.05) is 37.8 Å². The summed E-state index contributed by atoms with van der Waals surface area (Å²) in [5.74, 6) is 0.0316. The van der Waals surface area contributed by atoms with Crippen LogP contribution in [0.15, 0.2) is 30.3 Å². The lowest BCUT2D eigenvalue weighted by molar-refractivity contribution is -0.124. The molecule has 112 valence electrons. The number of nitrogens with zero attached hydrogens (tertiary/aromatic N) is 1. The van der Waals surface area contributed by atoms with Crippen molar-refractivity contribution in [2.45, 2.75) is 26.7 Å². The maximum absolute atomic E-state index is 11.8. The van der Waals surface area contributed by atoms with Crippen molar-refractivity contribution in [3.63, 3.8) is 0 Å². The van der Waals surface area contributed by atoms with E-state index in [1.165, 1.54) is 5.69 Å². The molecule has 0 fully saturated rings. The average Bonchev–Trinajstić information content (AvgIpc) is 2.49. The molecule has 0 aliphatic rings. The van der Waals surface area contributed by atoms with Crippen LogP contribution < -0.4 is 16.0 Å². The first kappa shape index (κ1) is 16.5. The fourth-order valence-electron chi connectivity index (χ4n) is 2.19. The summed E-state index contributed by atoms with van der Waals surface area (Å²) in [7, 11) is 0. The zero-order valence-electron chi connectivity index (χ0n) is 12.6. The predicted molar refractivity (Wildman–Crippen MR) is 84.8 cm³/mol. The molecule has 1 unspecified atom stereocenters. The highest BCUT2D eigenvalue weighted by Gasteiger charge is 2.13. The number of carbonyl (C=O) groups excluding carboxylic acids is 1. The number of benzene rings is 1. The summed E-state index contributed by atoms with van der Waals surface area (Å²) in [4.78, 5) is 14.1. The standard InChI is InChI=1S/C16H27N3O/c1-3-14(13-17)16(20)18-11-8-12-19(4-2)15-9-6-5-7-10-15/h5-7,9-10,14H,3-4,8,11-13,17H2,1-2H3,(H,18,20). The van der Waals surface area contributed by atoms with Gasteiger partial charge in [0.15, 0.2) is 0 Å². The summed E-state index contributed by atoms with van der Waals surface area (Å²) in [6, 6.07) is 10.3. The predicted octanol–water partition coefficient (Wildman–Crippen LogP) is 2.00. The fourth-order valence-corrected chi connectivity index (χ4v) is 2.19. The van der Waals surface area contributed by atoms with Gasteiger partial charge in [-0.25, -0.2) is 0 Å². The molecule has 0 radical (unpaired) electrons. The Morgan fingerprint density at radius 1 is 1.30 bits per heavy atom. The van der Waals surface area contributed by atoms with Crippen LogP contribution in [0.5, 0.6) is 0 Å². The van der Waals surface area contributed by atoms with Gasteiger partial charge in [-0.15, -0.1) is 0 Å². The number of para-hydroxylation sites is 1. The maximum Gasteiger partial charge on any atom is 0.224 e. The Morgan fingerprint density at radius 2 is 2.00 bits per heavy atom. The maximum atomic E-state index is 11.8. The van der Waals surface area contributed by atoms with Gasteiger partial charge < -0.3 is 16.0 Å². The summed E-state index contributed by atoms with van der Waals surface area (Å²) in [6.07, 6.45) is 1.74. The Bertz CT molecular complexity index is 377. The van der Waals surface area contributed by atoms with Gasteiger partial charge in [-0.1, -0.05) is 25.1 Å². The van der Waals surface area contributed by atoms with Crippen molar-refractivity contribution < 1.29 is 4.79 Å². The third-order valence-electron chi connectivity index (χ3n) is 3.56. The lowest BCUT2D eigenvalue weighted by atomic mass is 10.1. The first-order chi connectivity index (χ1) is 9.72. The van der Waals surface area contributed by atoms with Crippen LogP contribution in [-0.2, 0) is 4.79 Å². The van der Waals surface area contributed by atoms with Crippen molar-refractivity contribution in [2.75, 3.05) is 31.1 Å². The lowest BCUT2D eigenvalue weighted by Gasteiger charge is -2.23. The normalized spacial score (nSPS) is 11.9. The SMILES string of the molecule is CCC(CN)C(=O)NCCCN(CC)c1ccccc1. The van der Waals surface area contributed by atoms with E-state index in [2.05, 4.69) is 29.3 Å². The number of hydrogen-bond acceptors (Lipinski definition) is 3. The van der Waals surface area contributed by atoms with Crippen molar-refractivity contribution >= 4 is 11.6 Å². The molecule has 3 N–H and O–H groups in total. The first-order valence-electron chi connectivity index (χ1n) is 7.50. The molecular weight excluding hydrogens is 250 g/mol. The molecule has 0 bridgehead atoms. The minimum atomic E-state index is -0.0496. The summed E-state index contributed by atoms with van der Waals surface area (Å²) < 4.78 is 0. The number of amides is 1. The van der Waals surface area contributed by atoms with Crippen molar-refractivity contribution in [1.29, 1.82) is 0 Å². The lowest BCUT2D eigenvalue weighted by Crippen LogP contribution is -2.36. The van der Waals surface area contributed by atoms with E-state index in [0.29, 0.717) is 13.1 Å². The van der Waals surface area contributed by atoms with Crippen molar-refractivity contribution in [3.05, 3.63) is 30.3 Å². The monoisotopic (exact) mass is 277 g/mol. The second-order valence-corrected chi connectivity index (χ2v) is 4.90. The van der Waals surface area contributed by atoms with Gasteiger partial charge in [0.2, 0.25) is 5.91 Å². The highest BCUT2D eigenvalue weighted by molar-refractivity contribution is 5.78. The Labute approximate surface area is 122 Å². The molecule has 4 nitrogen and oxygen atoms in total. The molecule has 1 aromatic carbocycles. The number of nitrogens with one attached hydrogen (secondary N) is 1. The van der Waals surface area contributed by atoms with Crippen molar-refractivity contribution in [3.8, 4) is 0 Å². The van der Waals surface area contributed by atoms with Crippen LogP contribution >= 0.6 is 0 Å². The molecule has 0 spiro atoms. The fraction of sp³-hybridized carbons (Fsp3) is 0.562. The Morgan fingerprint density at radius 3 is 2.55 bits per heavy atom. The molecule has 1 rings (SSSR count). The molecule has 1 atom stereocenters. The van der Waals surface area contributed by atoms with Gasteiger partial charge >= 0.3 is 0 Å². The number of nitrogens with two attached hydrogens (primary N) is 1. The Balaban J connectivity index is 2.31. The van der Waals surface area contributed by atoms with Gasteiger partial charge in [0.1, 0.15) is 0 Å². The number of rotatable bonds is 9. The van der Waals surface area contributed by atoms with Crippen molar-refractivity contribution in [1.82, 2.24) is 5.32 Å². The zero-order valence-corrected chi connectivity index (χ0v) is 12.6. The van der Waals surface area contributed by atoms with E-state index in [0.717, 1.165) is 25.9 Å². The summed E-state index contributed by atoms with van der Waals surface area (Å²) >= 11 is 0. The van der Waals surface area contributed by atoms with E-state index in [1.54, 1.807) is 0 Å². The summed E-state index contributed by atoms with van der Waals surface area (Å²) in [5, 5.41) is 2.97.